The van der Waals surface area contributed by atoms with Crippen molar-refractivity contribution >= 4 is 23.5 Å². The lowest BCUT2D eigenvalue weighted by molar-refractivity contribution is -0.128. The van der Waals surface area contributed by atoms with Gasteiger partial charge in [0, 0.05) is 54.3 Å². The summed E-state index contributed by atoms with van der Waals surface area (Å²) in [6.45, 7) is 4.25. The molecule has 0 fully saturated rings. The number of anilines is 2. The molecule has 0 radical (unpaired) electrons. The van der Waals surface area contributed by atoms with Crippen LogP contribution in [-0.4, -0.2) is 44.1 Å². The molecule has 0 saturated carbocycles. The van der Waals surface area contributed by atoms with Gasteiger partial charge >= 0.3 is 0 Å². The van der Waals surface area contributed by atoms with Gasteiger partial charge in [0.15, 0.2) is 5.82 Å². The third kappa shape index (κ3) is 4.77. The minimum atomic E-state index is 0.114. The van der Waals surface area contributed by atoms with Gasteiger partial charge < -0.3 is 10.2 Å². The molecule has 7 heteroatoms. The molecule has 36 heavy (non-hydrogen) atoms. The van der Waals surface area contributed by atoms with Crippen molar-refractivity contribution in [1.29, 1.82) is 0 Å². The van der Waals surface area contributed by atoms with Crippen LogP contribution in [0, 0.1) is 0 Å². The second kappa shape index (κ2) is 10.2. The smallest absolute Gasteiger partial charge is 0.250 e. The van der Waals surface area contributed by atoms with Crippen molar-refractivity contribution in [2.24, 2.45) is 0 Å². The summed E-state index contributed by atoms with van der Waals surface area (Å²) in [7, 11) is 1.91. The highest BCUT2D eigenvalue weighted by Gasteiger charge is 2.25. The van der Waals surface area contributed by atoms with E-state index in [0.717, 1.165) is 57.7 Å². The first-order chi connectivity index (χ1) is 17.6. The number of likely N-dealkylation sites (N-methyl/N-ethyl adjacent to an activating group) is 1. The van der Waals surface area contributed by atoms with Crippen LogP contribution in [0.3, 0.4) is 0 Å². The minimum absolute atomic E-state index is 0.114. The van der Waals surface area contributed by atoms with Crippen molar-refractivity contribution in [3.05, 3.63) is 83.8 Å². The van der Waals surface area contributed by atoms with Gasteiger partial charge in [-0.15, -0.1) is 0 Å². The second-order valence-corrected chi connectivity index (χ2v) is 9.10. The number of aromatic amines is 1. The molecule has 2 N–H and O–H groups in total. The SMILES string of the molecule is CCC(CC)N(C)C(=O)C1=Cc2ccc(-c3nccc(Nc4ccc(-c5cn[nH]c5)cc4)n3)cc2C1. The summed E-state index contributed by atoms with van der Waals surface area (Å²) in [5, 5.41) is 10.2. The Morgan fingerprint density at radius 2 is 1.83 bits per heavy atom. The lowest BCUT2D eigenvalue weighted by atomic mass is 10.0. The lowest BCUT2D eigenvalue weighted by Crippen LogP contribution is -2.37. The molecule has 1 aliphatic carbocycles. The number of nitrogens with one attached hydrogen (secondary N) is 2. The molecule has 0 saturated heterocycles. The molecular formula is C29H30N6O. The van der Waals surface area contributed by atoms with Crippen LogP contribution in [0.1, 0.15) is 37.8 Å². The molecule has 0 aliphatic heterocycles. The Kier molecular flexibility index (Phi) is 6.62. The Hall–Kier alpha value is -4.26. The normalized spacial score (nSPS) is 12.4. The number of carbonyl (C=O) groups is 1. The highest BCUT2D eigenvalue weighted by molar-refractivity contribution is 6.00. The topological polar surface area (TPSA) is 86.8 Å². The van der Waals surface area contributed by atoms with E-state index < -0.39 is 0 Å². The predicted octanol–water partition coefficient (Wildman–Crippen LogP) is 5.86. The third-order valence-electron chi connectivity index (χ3n) is 6.84. The Morgan fingerprint density at radius 1 is 1.06 bits per heavy atom. The number of fused-ring (bicyclic) bond motifs is 1. The minimum Gasteiger partial charge on any atom is -0.340 e. The summed E-state index contributed by atoms with van der Waals surface area (Å²) in [5.74, 6) is 1.48. The van der Waals surface area contributed by atoms with Gasteiger partial charge in [0.25, 0.3) is 0 Å². The Balaban J connectivity index is 1.30. The van der Waals surface area contributed by atoms with Gasteiger partial charge in [-0.2, -0.15) is 5.10 Å². The van der Waals surface area contributed by atoms with E-state index >= 15 is 0 Å². The van der Waals surface area contributed by atoms with Crippen LogP contribution in [0.25, 0.3) is 28.6 Å². The quantitative estimate of drug-likeness (QED) is 0.331. The Morgan fingerprint density at radius 3 is 2.56 bits per heavy atom. The fourth-order valence-electron chi connectivity index (χ4n) is 4.72. The summed E-state index contributed by atoms with van der Waals surface area (Å²) in [6, 6.07) is 16.4. The van der Waals surface area contributed by atoms with Crippen LogP contribution in [0.4, 0.5) is 11.5 Å². The monoisotopic (exact) mass is 478 g/mol. The number of aromatic nitrogens is 4. The van der Waals surface area contributed by atoms with E-state index in [0.29, 0.717) is 12.2 Å². The van der Waals surface area contributed by atoms with Crippen molar-refractivity contribution in [1.82, 2.24) is 25.1 Å². The average Bonchev–Trinajstić information content (AvgIpc) is 3.59. The van der Waals surface area contributed by atoms with E-state index in [2.05, 4.69) is 46.5 Å². The molecule has 2 aromatic heterocycles. The molecule has 1 aliphatic rings. The van der Waals surface area contributed by atoms with Crippen LogP contribution in [-0.2, 0) is 11.2 Å². The molecule has 0 bridgehead atoms. The molecular weight excluding hydrogens is 448 g/mol. The van der Waals surface area contributed by atoms with Crippen LogP contribution in [0.15, 0.2) is 72.7 Å². The van der Waals surface area contributed by atoms with E-state index in [9.17, 15) is 4.79 Å². The first kappa shape index (κ1) is 23.5. The van der Waals surface area contributed by atoms with Crippen LogP contribution in [0.2, 0.25) is 0 Å². The summed E-state index contributed by atoms with van der Waals surface area (Å²) >= 11 is 0. The van der Waals surface area contributed by atoms with Crippen molar-refractivity contribution in [2.45, 2.75) is 39.2 Å². The first-order valence-corrected chi connectivity index (χ1v) is 12.4. The predicted molar refractivity (Wildman–Crippen MR) is 144 cm³/mol. The maximum absolute atomic E-state index is 13.1. The largest absolute Gasteiger partial charge is 0.340 e. The zero-order valence-corrected chi connectivity index (χ0v) is 20.8. The van der Waals surface area contributed by atoms with Gasteiger partial charge in [0.1, 0.15) is 5.82 Å². The summed E-state index contributed by atoms with van der Waals surface area (Å²) in [4.78, 5) is 24.2. The van der Waals surface area contributed by atoms with E-state index in [1.807, 2.05) is 60.6 Å². The number of hydrogen-bond acceptors (Lipinski definition) is 5. The third-order valence-corrected chi connectivity index (χ3v) is 6.84. The Labute approximate surface area is 211 Å². The van der Waals surface area contributed by atoms with Crippen LogP contribution in [0.5, 0.6) is 0 Å². The molecule has 0 atom stereocenters. The number of H-pyrrole nitrogens is 1. The zero-order chi connectivity index (χ0) is 25.1. The van der Waals surface area contributed by atoms with E-state index in [1.165, 1.54) is 0 Å². The molecule has 0 unspecified atom stereocenters. The van der Waals surface area contributed by atoms with Gasteiger partial charge in [-0.25, -0.2) is 9.97 Å². The molecule has 7 nitrogen and oxygen atoms in total. The second-order valence-electron chi connectivity index (χ2n) is 9.10. The molecule has 5 rings (SSSR count). The van der Waals surface area contributed by atoms with Crippen LogP contribution < -0.4 is 5.32 Å². The van der Waals surface area contributed by atoms with Gasteiger partial charge in [-0.1, -0.05) is 38.1 Å². The molecule has 0 spiro atoms. The first-order valence-electron chi connectivity index (χ1n) is 12.4. The number of benzene rings is 2. The zero-order valence-electron chi connectivity index (χ0n) is 20.8. The number of amides is 1. The molecule has 182 valence electrons. The highest BCUT2D eigenvalue weighted by Crippen LogP contribution is 2.31. The van der Waals surface area contributed by atoms with Gasteiger partial charge in [0.2, 0.25) is 5.91 Å². The van der Waals surface area contributed by atoms with E-state index in [-0.39, 0.29) is 11.9 Å². The molecule has 1 amide bonds. The van der Waals surface area contributed by atoms with Crippen molar-refractivity contribution < 1.29 is 4.79 Å². The fourth-order valence-corrected chi connectivity index (χ4v) is 4.72. The van der Waals surface area contributed by atoms with Crippen molar-refractivity contribution in [2.75, 3.05) is 12.4 Å². The molecule has 4 aromatic rings. The van der Waals surface area contributed by atoms with Crippen molar-refractivity contribution in [3.63, 3.8) is 0 Å². The maximum atomic E-state index is 13.1. The van der Waals surface area contributed by atoms with E-state index in [1.54, 1.807) is 12.4 Å². The number of nitrogens with zero attached hydrogens (tertiary/aromatic N) is 4. The number of rotatable bonds is 8. The van der Waals surface area contributed by atoms with Crippen LogP contribution >= 0.6 is 0 Å². The molecule has 2 heterocycles. The summed E-state index contributed by atoms with van der Waals surface area (Å²) in [6.07, 6.45) is 10.00. The summed E-state index contributed by atoms with van der Waals surface area (Å²) < 4.78 is 0. The highest BCUT2D eigenvalue weighted by atomic mass is 16.2. The summed E-state index contributed by atoms with van der Waals surface area (Å²) in [5.41, 5.74) is 7.07. The number of carbonyl (C=O) groups excluding carboxylic acids is 1. The Bertz CT molecular complexity index is 1390. The van der Waals surface area contributed by atoms with Gasteiger partial charge in [-0.05, 0) is 59.9 Å². The van der Waals surface area contributed by atoms with Crippen molar-refractivity contribution in [3.8, 4) is 22.5 Å². The number of hydrogen-bond donors (Lipinski definition) is 2. The average molecular weight is 479 g/mol. The maximum Gasteiger partial charge on any atom is 0.250 e. The standard InChI is InChI=1S/C29H30N6O/c1-4-26(5-2)35(3)29(36)23-14-20-6-7-21(15-22(20)16-23)28-30-13-12-27(34-28)33-25-10-8-19(9-11-25)24-17-31-32-18-24/h6-15,17-18,26H,4-5,16H2,1-3H3,(H,31,32)(H,30,33,34). The van der Waals surface area contributed by atoms with Gasteiger partial charge in [0.05, 0.1) is 6.20 Å². The fraction of sp³-hybridized carbons (Fsp3) is 0.241. The molecule has 2 aromatic carbocycles. The lowest BCUT2D eigenvalue weighted by Gasteiger charge is -2.26. The van der Waals surface area contributed by atoms with E-state index in [4.69, 9.17) is 4.98 Å². The van der Waals surface area contributed by atoms with Gasteiger partial charge in [-0.3, -0.25) is 9.89 Å².